The van der Waals surface area contributed by atoms with Gasteiger partial charge < -0.3 is 0 Å². The Morgan fingerprint density at radius 3 is 1.90 bits per heavy atom. The molecule has 0 saturated heterocycles. The van der Waals surface area contributed by atoms with Crippen LogP contribution in [0.5, 0.6) is 0 Å². The first kappa shape index (κ1) is 17.6. The van der Waals surface area contributed by atoms with Crippen molar-refractivity contribution in [1.82, 2.24) is 5.43 Å². The van der Waals surface area contributed by atoms with Gasteiger partial charge in [0, 0.05) is 12.1 Å². The van der Waals surface area contributed by atoms with Gasteiger partial charge in [-0.25, -0.2) is 8.78 Å². The zero-order valence-corrected chi connectivity index (χ0v) is 10.2. The van der Waals surface area contributed by atoms with E-state index in [1.54, 1.807) is 0 Å². The maximum atomic E-state index is 13.3. The van der Waals surface area contributed by atoms with Crippen LogP contribution in [0.15, 0.2) is 18.2 Å². The molecule has 0 aliphatic heterocycles. The second kappa shape index (κ2) is 6.14. The summed E-state index contributed by atoms with van der Waals surface area (Å²) in [4.78, 5) is 0. The van der Waals surface area contributed by atoms with Crippen molar-refractivity contribution in [3.05, 3.63) is 35.4 Å². The molecule has 0 aliphatic carbocycles. The summed E-state index contributed by atoms with van der Waals surface area (Å²) >= 11 is 0. The van der Waals surface area contributed by atoms with E-state index in [2.05, 4.69) is 0 Å². The van der Waals surface area contributed by atoms with Gasteiger partial charge in [-0.2, -0.15) is 26.3 Å². The van der Waals surface area contributed by atoms with Crippen molar-refractivity contribution in [3.8, 4) is 0 Å². The first-order valence-corrected chi connectivity index (χ1v) is 5.50. The van der Waals surface area contributed by atoms with E-state index in [9.17, 15) is 35.1 Å². The van der Waals surface area contributed by atoms with Crippen molar-refractivity contribution < 1.29 is 35.1 Å². The van der Waals surface area contributed by atoms with Crippen LogP contribution >= 0.6 is 0 Å². The Morgan fingerprint density at radius 2 is 1.52 bits per heavy atom. The second-order valence-corrected chi connectivity index (χ2v) is 4.27. The summed E-state index contributed by atoms with van der Waals surface area (Å²) in [5.74, 6) is -1.28. The van der Waals surface area contributed by atoms with Crippen molar-refractivity contribution in [2.24, 2.45) is 11.8 Å². The molecule has 1 aromatic rings. The number of halogens is 8. The largest absolute Gasteiger partial charge is 0.402 e. The first-order valence-electron chi connectivity index (χ1n) is 5.50. The number of alkyl halides is 6. The summed E-state index contributed by atoms with van der Waals surface area (Å²) in [7, 11) is 0. The normalized spacial score (nSPS) is 14.6. The second-order valence-electron chi connectivity index (χ2n) is 4.27. The number of nitrogens with two attached hydrogens (primary N) is 1. The smallest absolute Gasteiger partial charge is 0.271 e. The van der Waals surface area contributed by atoms with Crippen LogP contribution in [0.3, 0.4) is 0 Å². The van der Waals surface area contributed by atoms with Crippen molar-refractivity contribution in [3.63, 3.8) is 0 Å². The molecule has 0 aliphatic rings. The molecule has 1 aromatic carbocycles. The lowest BCUT2D eigenvalue weighted by molar-refractivity contribution is -0.291. The van der Waals surface area contributed by atoms with Gasteiger partial charge in [0.25, 0.3) is 0 Å². The average Bonchev–Trinajstić information content (AvgIpc) is 2.27. The minimum absolute atomic E-state index is 0.360. The van der Waals surface area contributed by atoms with E-state index in [0.717, 1.165) is 12.1 Å². The first-order chi connectivity index (χ1) is 9.46. The van der Waals surface area contributed by atoms with Crippen LogP contribution in [-0.4, -0.2) is 18.4 Å². The SMILES string of the molecule is NNC(Cc1ccc(F)cc1F)C(C(F)(F)F)C(F)(F)F. The number of rotatable bonds is 4. The molecule has 1 unspecified atom stereocenters. The van der Waals surface area contributed by atoms with Crippen molar-refractivity contribution in [1.29, 1.82) is 0 Å². The van der Waals surface area contributed by atoms with E-state index < -0.39 is 47.9 Å². The van der Waals surface area contributed by atoms with Gasteiger partial charge in [0.2, 0.25) is 0 Å². The summed E-state index contributed by atoms with van der Waals surface area (Å²) in [6.45, 7) is 0. The number of nitrogens with one attached hydrogen (secondary N) is 1. The van der Waals surface area contributed by atoms with Crippen LogP contribution in [0.2, 0.25) is 0 Å². The zero-order valence-electron chi connectivity index (χ0n) is 10.2. The van der Waals surface area contributed by atoms with E-state index in [1.807, 2.05) is 0 Å². The molecular formula is C11H10F8N2. The predicted octanol–water partition coefficient (Wildman–Crippen LogP) is 3.08. The Hall–Kier alpha value is -1.42. The van der Waals surface area contributed by atoms with Crippen LogP contribution in [0.4, 0.5) is 35.1 Å². The molecule has 0 bridgehead atoms. The third kappa shape index (κ3) is 4.53. The summed E-state index contributed by atoms with van der Waals surface area (Å²) in [5, 5.41) is 0. The lowest BCUT2D eigenvalue weighted by atomic mass is 9.92. The van der Waals surface area contributed by atoms with E-state index in [-0.39, 0.29) is 0 Å². The van der Waals surface area contributed by atoms with Gasteiger partial charge in [-0.3, -0.25) is 11.3 Å². The molecule has 1 rings (SSSR count). The van der Waals surface area contributed by atoms with E-state index in [1.165, 1.54) is 5.43 Å². The van der Waals surface area contributed by atoms with Crippen LogP contribution in [0, 0.1) is 17.6 Å². The molecule has 3 N–H and O–H groups in total. The minimum atomic E-state index is -5.62. The molecular weight excluding hydrogens is 312 g/mol. The molecule has 0 saturated carbocycles. The highest BCUT2D eigenvalue weighted by Crippen LogP contribution is 2.42. The van der Waals surface area contributed by atoms with Gasteiger partial charge in [0.15, 0.2) is 5.92 Å². The molecule has 10 heteroatoms. The van der Waals surface area contributed by atoms with Crippen LogP contribution in [0.25, 0.3) is 0 Å². The summed E-state index contributed by atoms with van der Waals surface area (Å²) in [5.41, 5.74) is 0.889. The van der Waals surface area contributed by atoms with Gasteiger partial charge in [0.1, 0.15) is 11.6 Å². The maximum Gasteiger partial charge on any atom is 0.402 e. The van der Waals surface area contributed by atoms with Crippen molar-refractivity contribution in [2.45, 2.75) is 24.8 Å². The molecule has 0 aromatic heterocycles. The predicted molar refractivity (Wildman–Crippen MR) is 56.8 cm³/mol. The summed E-state index contributed by atoms with van der Waals surface area (Å²) in [6, 6.07) is -0.495. The molecule has 1 atom stereocenters. The monoisotopic (exact) mass is 322 g/mol. The highest BCUT2D eigenvalue weighted by molar-refractivity contribution is 5.20. The van der Waals surface area contributed by atoms with Gasteiger partial charge >= 0.3 is 12.4 Å². The van der Waals surface area contributed by atoms with E-state index >= 15 is 0 Å². The topological polar surface area (TPSA) is 38.0 Å². The van der Waals surface area contributed by atoms with Crippen LogP contribution < -0.4 is 11.3 Å². The fraction of sp³-hybridized carbons (Fsp3) is 0.455. The Morgan fingerprint density at radius 1 is 1.00 bits per heavy atom. The van der Waals surface area contributed by atoms with Gasteiger partial charge in [-0.15, -0.1) is 0 Å². The Labute approximate surface area is 113 Å². The van der Waals surface area contributed by atoms with Crippen LogP contribution in [-0.2, 0) is 6.42 Å². The van der Waals surface area contributed by atoms with Gasteiger partial charge in [-0.05, 0) is 18.1 Å². The minimum Gasteiger partial charge on any atom is -0.271 e. The molecule has 0 radical (unpaired) electrons. The van der Waals surface area contributed by atoms with Crippen molar-refractivity contribution >= 4 is 0 Å². The van der Waals surface area contributed by atoms with Gasteiger partial charge in [-0.1, -0.05) is 6.07 Å². The van der Waals surface area contributed by atoms with Crippen LogP contribution in [0.1, 0.15) is 5.56 Å². The fourth-order valence-electron chi connectivity index (χ4n) is 1.84. The number of benzene rings is 1. The number of hydrogen-bond acceptors (Lipinski definition) is 2. The molecule has 21 heavy (non-hydrogen) atoms. The highest BCUT2D eigenvalue weighted by atomic mass is 19.4. The number of hydrogen-bond donors (Lipinski definition) is 2. The fourth-order valence-corrected chi connectivity index (χ4v) is 1.84. The molecule has 120 valence electrons. The third-order valence-electron chi connectivity index (χ3n) is 2.78. The molecule has 0 spiro atoms. The van der Waals surface area contributed by atoms with Gasteiger partial charge in [0.05, 0.1) is 0 Å². The summed E-state index contributed by atoms with van der Waals surface area (Å²) < 4.78 is 101. The Kier molecular flexibility index (Phi) is 5.16. The Balaban J connectivity index is 3.10. The standard InChI is InChI=1S/C11H10F8N2/c12-6-2-1-5(7(13)4-6)3-8(21-20)9(10(14,15)16)11(17,18)19/h1-2,4,8-9,21H,3,20H2. The maximum absolute atomic E-state index is 13.3. The van der Waals surface area contributed by atoms with E-state index in [0.29, 0.717) is 6.07 Å². The van der Waals surface area contributed by atoms with Crippen molar-refractivity contribution in [2.75, 3.05) is 0 Å². The molecule has 2 nitrogen and oxygen atoms in total. The lowest BCUT2D eigenvalue weighted by Crippen LogP contribution is -2.54. The number of hydrazine groups is 1. The summed E-state index contributed by atoms with van der Waals surface area (Å²) in [6.07, 6.45) is -12.2. The quantitative estimate of drug-likeness (QED) is 0.508. The molecule has 0 amide bonds. The van der Waals surface area contributed by atoms with E-state index in [4.69, 9.17) is 5.84 Å². The average molecular weight is 322 g/mol. The molecule has 0 heterocycles. The molecule has 0 fully saturated rings. The Bertz CT molecular complexity index is 468. The highest BCUT2D eigenvalue weighted by Gasteiger charge is 2.60. The third-order valence-corrected chi connectivity index (χ3v) is 2.78. The lowest BCUT2D eigenvalue weighted by Gasteiger charge is -2.30. The zero-order chi connectivity index (χ0) is 16.4.